The molecule has 1 N–H and O–H groups in total. The van der Waals surface area contributed by atoms with Crippen LogP contribution in [-0.4, -0.2) is 28.7 Å². The van der Waals surface area contributed by atoms with Gasteiger partial charge >= 0.3 is 0 Å². The predicted molar refractivity (Wildman–Crippen MR) is 95.2 cm³/mol. The Morgan fingerprint density at radius 2 is 2.16 bits per heavy atom. The lowest BCUT2D eigenvalue weighted by Gasteiger charge is -2.34. The highest BCUT2D eigenvalue weighted by Crippen LogP contribution is 2.36. The molecule has 2 heterocycles. The molecule has 0 radical (unpaired) electrons. The number of fused-ring (bicyclic) bond motifs is 1. The van der Waals surface area contributed by atoms with Crippen molar-refractivity contribution in [2.45, 2.75) is 44.7 Å². The molecule has 0 saturated carbocycles. The van der Waals surface area contributed by atoms with Crippen molar-refractivity contribution in [3.05, 3.63) is 53.6 Å². The Morgan fingerprint density at radius 1 is 1.36 bits per heavy atom. The van der Waals surface area contributed by atoms with Gasteiger partial charge in [0.2, 0.25) is 5.91 Å². The number of carbonyl (C=O) groups excluding carboxylic acids is 1. The molecule has 1 amide bonds. The Bertz CT molecular complexity index is 749. The summed E-state index contributed by atoms with van der Waals surface area (Å²) in [5, 5.41) is 3.33. The summed E-state index contributed by atoms with van der Waals surface area (Å²) in [4.78, 5) is 17.5. The van der Waals surface area contributed by atoms with Crippen molar-refractivity contribution in [2.24, 2.45) is 5.92 Å². The SMILES string of the molecule is CCn1ccnc1C(NC(=O)C1Cc2ccccc21)C1CCOCC1. The molecule has 0 bridgehead atoms. The van der Waals surface area contributed by atoms with Crippen molar-refractivity contribution in [3.8, 4) is 0 Å². The van der Waals surface area contributed by atoms with Crippen molar-refractivity contribution < 1.29 is 9.53 Å². The third kappa shape index (κ3) is 3.09. The first-order valence-corrected chi connectivity index (χ1v) is 9.25. The number of carbonyl (C=O) groups is 1. The first-order valence-electron chi connectivity index (χ1n) is 9.25. The molecule has 1 aromatic carbocycles. The fraction of sp³-hybridized carbons (Fsp3) is 0.500. The molecule has 2 atom stereocenters. The van der Waals surface area contributed by atoms with E-state index in [0.717, 1.165) is 44.8 Å². The highest BCUT2D eigenvalue weighted by molar-refractivity contribution is 5.87. The number of nitrogens with zero attached hydrogens (tertiary/aromatic N) is 2. The second-order valence-corrected chi connectivity index (χ2v) is 6.96. The number of nitrogens with one attached hydrogen (secondary N) is 1. The number of hydrogen-bond acceptors (Lipinski definition) is 3. The van der Waals surface area contributed by atoms with Crippen molar-refractivity contribution in [1.82, 2.24) is 14.9 Å². The maximum Gasteiger partial charge on any atom is 0.228 e. The second kappa shape index (κ2) is 7.00. The van der Waals surface area contributed by atoms with E-state index in [1.165, 1.54) is 11.1 Å². The molecule has 1 aliphatic heterocycles. The van der Waals surface area contributed by atoms with Gasteiger partial charge < -0.3 is 14.6 Å². The van der Waals surface area contributed by atoms with Gasteiger partial charge in [0.05, 0.1) is 12.0 Å². The first-order chi connectivity index (χ1) is 12.3. The third-order valence-corrected chi connectivity index (χ3v) is 5.57. The number of hydrogen-bond donors (Lipinski definition) is 1. The van der Waals surface area contributed by atoms with E-state index in [9.17, 15) is 4.79 Å². The minimum atomic E-state index is -0.0425. The summed E-state index contributed by atoms with van der Waals surface area (Å²) >= 11 is 0. The number of rotatable bonds is 5. The normalized spacial score (nSPS) is 21.2. The molecule has 132 valence electrons. The number of benzene rings is 1. The van der Waals surface area contributed by atoms with Gasteiger partial charge in [0, 0.05) is 32.2 Å². The van der Waals surface area contributed by atoms with E-state index < -0.39 is 0 Å². The summed E-state index contributed by atoms with van der Waals surface area (Å²) in [6, 6.07) is 8.19. The van der Waals surface area contributed by atoms with Crippen LogP contribution < -0.4 is 5.32 Å². The summed E-state index contributed by atoms with van der Waals surface area (Å²) in [6.45, 7) is 4.49. The summed E-state index contributed by atoms with van der Waals surface area (Å²) in [7, 11) is 0. The molecule has 1 saturated heterocycles. The number of aromatic nitrogens is 2. The zero-order chi connectivity index (χ0) is 17.2. The molecule has 5 heteroatoms. The lowest BCUT2D eigenvalue weighted by atomic mass is 9.76. The van der Waals surface area contributed by atoms with Gasteiger partial charge in [0.25, 0.3) is 0 Å². The summed E-state index contributed by atoms with van der Waals surface area (Å²) in [5.41, 5.74) is 2.46. The van der Waals surface area contributed by atoms with Crippen LogP contribution in [-0.2, 0) is 22.5 Å². The van der Waals surface area contributed by atoms with Crippen LogP contribution >= 0.6 is 0 Å². The largest absolute Gasteiger partial charge is 0.381 e. The molecule has 4 rings (SSSR count). The number of ether oxygens (including phenoxy) is 1. The van der Waals surface area contributed by atoms with E-state index in [1.54, 1.807) is 0 Å². The average Bonchev–Trinajstić information content (AvgIpc) is 3.10. The van der Waals surface area contributed by atoms with Gasteiger partial charge in [-0.2, -0.15) is 0 Å². The van der Waals surface area contributed by atoms with Crippen LogP contribution in [0.25, 0.3) is 0 Å². The number of amides is 1. The highest BCUT2D eigenvalue weighted by Gasteiger charge is 2.36. The van der Waals surface area contributed by atoms with Gasteiger partial charge in [-0.05, 0) is 43.2 Å². The fourth-order valence-electron chi connectivity index (χ4n) is 4.06. The van der Waals surface area contributed by atoms with E-state index in [0.29, 0.717) is 5.92 Å². The molecule has 1 aliphatic carbocycles. The zero-order valence-electron chi connectivity index (χ0n) is 14.6. The molecule has 0 spiro atoms. The zero-order valence-corrected chi connectivity index (χ0v) is 14.6. The van der Waals surface area contributed by atoms with Gasteiger partial charge in [0.15, 0.2) is 0 Å². The fourth-order valence-corrected chi connectivity index (χ4v) is 4.06. The molecule has 5 nitrogen and oxygen atoms in total. The van der Waals surface area contributed by atoms with Crippen LogP contribution in [0.15, 0.2) is 36.7 Å². The quantitative estimate of drug-likeness (QED) is 0.911. The lowest BCUT2D eigenvalue weighted by Crippen LogP contribution is -2.42. The van der Waals surface area contributed by atoms with Crippen molar-refractivity contribution in [2.75, 3.05) is 13.2 Å². The Balaban J connectivity index is 1.55. The Kier molecular flexibility index (Phi) is 4.57. The Hall–Kier alpha value is -2.14. The van der Waals surface area contributed by atoms with Crippen LogP contribution in [0.5, 0.6) is 0 Å². The van der Waals surface area contributed by atoms with E-state index in [1.807, 2.05) is 24.5 Å². The van der Waals surface area contributed by atoms with Crippen molar-refractivity contribution in [1.29, 1.82) is 0 Å². The summed E-state index contributed by atoms with van der Waals surface area (Å²) in [6.07, 6.45) is 6.58. The predicted octanol–water partition coefficient (Wildman–Crippen LogP) is 2.83. The standard InChI is InChI=1S/C20H25N3O2/c1-2-23-10-9-21-19(23)18(14-7-11-25-12-8-14)22-20(24)17-13-15-5-3-4-6-16(15)17/h3-6,9-10,14,17-18H,2,7-8,11-13H2,1H3,(H,22,24). The first kappa shape index (κ1) is 16.3. The van der Waals surface area contributed by atoms with E-state index >= 15 is 0 Å². The Morgan fingerprint density at radius 3 is 2.92 bits per heavy atom. The number of aryl methyl sites for hydroxylation is 1. The monoisotopic (exact) mass is 339 g/mol. The molecule has 1 aromatic heterocycles. The van der Waals surface area contributed by atoms with E-state index in [-0.39, 0.29) is 17.9 Å². The topological polar surface area (TPSA) is 56.2 Å². The van der Waals surface area contributed by atoms with E-state index in [4.69, 9.17) is 4.74 Å². The molecule has 2 aliphatic rings. The van der Waals surface area contributed by atoms with Crippen molar-refractivity contribution in [3.63, 3.8) is 0 Å². The van der Waals surface area contributed by atoms with Crippen LogP contribution in [0.1, 0.15) is 48.7 Å². The maximum absolute atomic E-state index is 13.0. The van der Waals surface area contributed by atoms with E-state index in [2.05, 4.69) is 33.9 Å². The maximum atomic E-state index is 13.0. The molecule has 2 aromatic rings. The van der Waals surface area contributed by atoms with Gasteiger partial charge in [0.1, 0.15) is 5.82 Å². The molecular formula is C20H25N3O2. The summed E-state index contributed by atoms with van der Waals surface area (Å²) < 4.78 is 7.65. The molecule has 1 fully saturated rings. The average molecular weight is 339 g/mol. The third-order valence-electron chi connectivity index (χ3n) is 5.57. The molecular weight excluding hydrogens is 314 g/mol. The van der Waals surface area contributed by atoms with Crippen LogP contribution in [0.3, 0.4) is 0 Å². The van der Waals surface area contributed by atoms with Gasteiger partial charge in [-0.3, -0.25) is 4.79 Å². The lowest BCUT2D eigenvalue weighted by molar-refractivity contribution is -0.124. The van der Waals surface area contributed by atoms with Gasteiger partial charge in [-0.15, -0.1) is 0 Å². The van der Waals surface area contributed by atoms with Crippen LogP contribution in [0, 0.1) is 5.92 Å². The highest BCUT2D eigenvalue weighted by atomic mass is 16.5. The minimum Gasteiger partial charge on any atom is -0.381 e. The summed E-state index contributed by atoms with van der Waals surface area (Å²) in [5.74, 6) is 1.44. The van der Waals surface area contributed by atoms with Crippen LogP contribution in [0.4, 0.5) is 0 Å². The smallest absolute Gasteiger partial charge is 0.228 e. The molecule has 25 heavy (non-hydrogen) atoms. The van der Waals surface area contributed by atoms with Crippen molar-refractivity contribution >= 4 is 5.91 Å². The van der Waals surface area contributed by atoms with Crippen LogP contribution in [0.2, 0.25) is 0 Å². The number of imidazole rings is 1. The second-order valence-electron chi connectivity index (χ2n) is 6.96. The minimum absolute atomic E-state index is 0.0245. The van der Waals surface area contributed by atoms with Gasteiger partial charge in [-0.1, -0.05) is 24.3 Å². The van der Waals surface area contributed by atoms with Gasteiger partial charge in [-0.25, -0.2) is 4.98 Å². The molecule has 2 unspecified atom stereocenters. The Labute approximate surface area is 148 Å².